The summed E-state index contributed by atoms with van der Waals surface area (Å²) in [5.41, 5.74) is 1.01. The lowest BCUT2D eigenvalue weighted by Crippen LogP contribution is -2.28. The third-order valence-corrected chi connectivity index (χ3v) is 3.13. The van der Waals surface area contributed by atoms with Crippen molar-refractivity contribution in [2.75, 3.05) is 31.7 Å². The van der Waals surface area contributed by atoms with Crippen molar-refractivity contribution in [1.29, 1.82) is 0 Å². The number of anilines is 1. The van der Waals surface area contributed by atoms with Crippen LogP contribution in [-0.4, -0.2) is 43.0 Å². The average Bonchev–Trinajstić information content (AvgIpc) is 3.23. The maximum absolute atomic E-state index is 5.09. The Kier molecular flexibility index (Phi) is 4.90. The Bertz CT molecular complexity index is 351. The van der Waals surface area contributed by atoms with Crippen molar-refractivity contribution in [2.24, 2.45) is 0 Å². The van der Waals surface area contributed by atoms with Gasteiger partial charge in [0.1, 0.15) is 0 Å². The minimum Gasteiger partial charge on any atom is -0.383 e. The van der Waals surface area contributed by atoms with Crippen molar-refractivity contribution >= 4 is 5.82 Å². The van der Waals surface area contributed by atoms with Crippen LogP contribution in [0.25, 0.3) is 0 Å². The zero-order valence-electron chi connectivity index (χ0n) is 11.2. The standard InChI is InChI=1S/C13H22N4O/c1-3-17(8-9-18-2)13-7-6-12(15-16-13)10-14-11-4-5-11/h6-7,11,14H,3-5,8-10H2,1-2H3. The zero-order chi connectivity index (χ0) is 12.8. The number of ether oxygens (including phenoxy) is 1. The van der Waals surface area contributed by atoms with E-state index in [1.807, 2.05) is 12.1 Å². The number of rotatable bonds is 8. The topological polar surface area (TPSA) is 50.3 Å². The van der Waals surface area contributed by atoms with Gasteiger partial charge in [0, 0.05) is 32.8 Å². The van der Waals surface area contributed by atoms with Crippen LogP contribution in [-0.2, 0) is 11.3 Å². The molecule has 0 spiro atoms. The Hall–Kier alpha value is -1.20. The highest BCUT2D eigenvalue weighted by Crippen LogP contribution is 2.19. The summed E-state index contributed by atoms with van der Waals surface area (Å²) in [5, 5.41) is 12.0. The molecule has 0 aliphatic heterocycles. The third kappa shape index (κ3) is 3.92. The first-order valence-corrected chi connectivity index (χ1v) is 6.63. The number of aromatic nitrogens is 2. The van der Waals surface area contributed by atoms with Crippen molar-refractivity contribution in [3.63, 3.8) is 0 Å². The molecule has 1 aromatic rings. The van der Waals surface area contributed by atoms with E-state index < -0.39 is 0 Å². The summed E-state index contributed by atoms with van der Waals surface area (Å²) in [6, 6.07) is 4.80. The van der Waals surface area contributed by atoms with Gasteiger partial charge in [-0.2, -0.15) is 5.10 Å². The van der Waals surface area contributed by atoms with E-state index in [9.17, 15) is 0 Å². The van der Waals surface area contributed by atoms with Crippen LogP contribution in [0.1, 0.15) is 25.5 Å². The fraction of sp³-hybridized carbons (Fsp3) is 0.692. The molecule has 1 saturated carbocycles. The van der Waals surface area contributed by atoms with Crippen LogP contribution in [0, 0.1) is 0 Å². The van der Waals surface area contributed by atoms with Crippen LogP contribution in [0.3, 0.4) is 0 Å². The quantitative estimate of drug-likeness (QED) is 0.751. The lowest BCUT2D eigenvalue weighted by molar-refractivity contribution is 0.205. The Morgan fingerprint density at radius 2 is 2.22 bits per heavy atom. The normalized spacial score (nSPS) is 14.8. The summed E-state index contributed by atoms with van der Waals surface area (Å²) in [4.78, 5) is 2.16. The highest BCUT2D eigenvalue weighted by Gasteiger charge is 2.20. The smallest absolute Gasteiger partial charge is 0.151 e. The lowest BCUT2D eigenvalue weighted by Gasteiger charge is -2.20. The van der Waals surface area contributed by atoms with E-state index in [2.05, 4.69) is 27.3 Å². The van der Waals surface area contributed by atoms with Gasteiger partial charge in [0.05, 0.1) is 12.3 Å². The lowest BCUT2D eigenvalue weighted by atomic mass is 10.3. The zero-order valence-corrected chi connectivity index (χ0v) is 11.2. The molecule has 5 heteroatoms. The van der Waals surface area contributed by atoms with E-state index in [0.29, 0.717) is 12.6 Å². The van der Waals surface area contributed by atoms with Crippen molar-refractivity contribution in [3.8, 4) is 0 Å². The number of methoxy groups -OCH3 is 1. The average molecular weight is 250 g/mol. The highest BCUT2D eigenvalue weighted by atomic mass is 16.5. The number of hydrogen-bond acceptors (Lipinski definition) is 5. The van der Waals surface area contributed by atoms with E-state index in [0.717, 1.165) is 31.1 Å². The number of nitrogens with one attached hydrogen (secondary N) is 1. The summed E-state index contributed by atoms with van der Waals surface area (Å²) in [5.74, 6) is 0.921. The molecule has 0 bridgehead atoms. The highest BCUT2D eigenvalue weighted by molar-refractivity contribution is 5.36. The van der Waals surface area contributed by atoms with E-state index in [4.69, 9.17) is 4.74 Å². The molecule has 0 radical (unpaired) electrons. The Balaban J connectivity index is 1.87. The molecule has 1 fully saturated rings. The van der Waals surface area contributed by atoms with Gasteiger partial charge in [0.25, 0.3) is 0 Å². The SMILES string of the molecule is CCN(CCOC)c1ccc(CNC2CC2)nn1. The molecule has 0 aromatic carbocycles. The van der Waals surface area contributed by atoms with Crippen molar-refractivity contribution in [2.45, 2.75) is 32.4 Å². The van der Waals surface area contributed by atoms with Crippen LogP contribution in [0.15, 0.2) is 12.1 Å². The summed E-state index contributed by atoms with van der Waals surface area (Å²) in [7, 11) is 1.71. The van der Waals surface area contributed by atoms with Crippen LogP contribution < -0.4 is 10.2 Å². The molecule has 0 saturated heterocycles. The van der Waals surface area contributed by atoms with Crippen molar-refractivity contribution in [1.82, 2.24) is 15.5 Å². The molecule has 1 heterocycles. The van der Waals surface area contributed by atoms with Crippen molar-refractivity contribution < 1.29 is 4.74 Å². The number of likely N-dealkylation sites (N-methyl/N-ethyl adjacent to an activating group) is 1. The van der Waals surface area contributed by atoms with Gasteiger partial charge in [-0.1, -0.05) is 0 Å². The molecular formula is C13H22N4O. The van der Waals surface area contributed by atoms with E-state index in [-0.39, 0.29) is 0 Å². The minimum absolute atomic E-state index is 0.709. The second-order valence-electron chi connectivity index (χ2n) is 4.61. The second-order valence-corrected chi connectivity index (χ2v) is 4.61. The maximum Gasteiger partial charge on any atom is 0.151 e. The molecule has 1 aromatic heterocycles. The Labute approximate surface area is 109 Å². The van der Waals surface area contributed by atoms with Gasteiger partial charge in [0.15, 0.2) is 5.82 Å². The molecular weight excluding hydrogens is 228 g/mol. The monoisotopic (exact) mass is 250 g/mol. The predicted molar refractivity (Wildman–Crippen MR) is 71.7 cm³/mol. The molecule has 2 rings (SSSR count). The largest absolute Gasteiger partial charge is 0.383 e. The molecule has 5 nitrogen and oxygen atoms in total. The Morgan fingerprint density at radius 3 is 2.78 bits per heavy atom. The second kappa shape index (κ2) is 6.66. The van der Waals surface area contributed by atoms with E-state index >= 15 is 0 Å². The van der Waals surface area contributed by atoms with E-state index in [1.54, 1.807) is 7.11 Å². The van der Waals surface area contributed by atoms with Crippen LogP contribution >= 0.6 is 0 Å². The molecule has 18 heavy (non-hydrogen) atoms. The molecule has 1 aliphatic carbocycles. The molecule has 0 amide bonds. The van der Waals surface area contributed by atoms with Crippen LogP contribution in [0.2, 0.25) is 0 Å². The molecule has 0 atom stereocenters. The number of hydrogen-bond donors (Lipinski definition) is 1. The summed E-state index contributed by atoms with van der Waals surface area (Å²) < 4.78 is 5.09. The summed E-state index contributed by atoms with van der Waals surface area (Å²) in [6.07, 6.45) is 2.60. The third-order valence-electron chi connectivity index (χ3n) is 3.13. The summed E-state index contributed by atoms with van der Waals surface area (Å²) in [6.45, 7) is 5.40. The van der Waals surface area contributed by atoms with Gasteiger partial charge >= 0.3 is 0 Å². The summed E-state index contributed by atoms with van der Waals surface area (Å²) >= 11 is 0. The fourth-order valence-electron chi connectivity index (χ4n) is 1.79. The van der Waals surface area contributed by atoms with Crippen molar-refractivity contribution in [3.05, 3.63) is 17.8 Å². The van der Waals surface area contributed by atoms with Gasteiger partial charge in [-0.25, -0.2) is 0 Å². The van der Waals surface area contributed by atoms with Crippen LogP contribution in [0.4, 0.5) is 5.82 Å². The first kappa shape index (κ1) is 13.2. The Morgan fingerprint density at radius 1 is 1.39 bits per heavy atom. The van der Waals surface area contributed by atoms with Gasteiger partial charge in [-0.3, -0.25) is 0 Å². The molecule has 100 valence electrons. The van der Waals surface area contributed by atoms with Gasteiger partial charge in [0.2, 0.25) is 0 Å². The van der Waals surface area contributed by atoms with E-state index in [1.165, 1.54) is 12.8 Å². The minimum atomic E-state index is 0.709. The van der Waals surface area contributed by atoms with Gasteiger partial charge < -0.3 is 15.0 Å². The van der Waals surface area contributed by atoms with Gasteiger partial charge in [-0.15, -0.1) is 5.10 Å². The fourth-order valence-corrected chi connectivity index (χ4v) is 1.79. The number of nitrogens with zero attached hydrogens (tertiary/aromatic N) is 3. The van der Waals surface area contributed by atoms with Crippen LogP contribution in [0.5, 0.6) is 0 Å². The molecule has 1 aliphatic rings. The predicted octanol–water partition coefficient (Wildman–Crippen LogP) is 1.20. The molecule has 1 N–H and O–H groups in total. The first-order valence-electron chi connectivity index (χ1n) is 6.63. The van der Waals surface area contributed by atoms with Gasteiger partial charge in [-0.05, 0) is 31.9 Å². The molecule has 0 unspecified atom stereocenters. The maximum atomic E-state index is 5.09. The first-order chi connectivity index (χ1) is 8.83.